The number of nitrogens with one attached hydrogen (secondary N) is 1. The minimum Gasteiger partial charge on any atom is -0.388 e. The molecule has 1 aromatic rings. The van der Waals surface area contributed by atoms with Crippen molar-refractivity contribution in [3.8, 4) is 0 Å². The molecule has 0 spiro atoms. The molecule has 0 aliphatic carbocycles. The summed E-state index contributed by atoms with van der Waals surface area (Å²) in [6, 6.07) is 6.94. The Hall–Kier alpha value is -1.11. The number of aliphatic hydroxyl groups is 1. The van der Waals surface area contributed by atoms with E-state index in [9.17, 15) is 13.5 Å². The van der Waals surface area contributed by atoms with E-state index in [1.165, 1.54) is 32.1 Å². The van der Waals surface area contributed by atoms with E-state index in [0.717, 1.165) is 37.9 Å². The van der Waals surface area contributed by atoms with Gasteiger partial charge in [0.15, 0.2) is 0 Å². The second-order valence-corrected chi connectivity index (χ2v) is 8.75. The molecule has 0 saturated heterocycles. The highest BCUT2D eigenvalue weighted by Crippen LogP contribution is 2.21. The van der Waals surface area contributed by atoms with Crippen molar-refractivity contribution in [1.82, 2.24) is 4.90 Å². The zero-order valence-corrected chi connectivity index (χ0v) is 17.4. The van der Waals surface area contributed by atoms with E-state index < -0.39 is 16.1 Å². The van der Waals surface area contributed by atoms with Crippen molar-refractivity contribution in [2.24, 2.45) is 0 Å². The predicted molar refractivity (Wildman–Crippen MR) is 110 cm³/mol. The van der Waals surface area contributed by atoms with Crippen LogP contribution in [-0.4, -0.2) is 44.3 Å². The molecule has 1 aromatic carbocycles. The Morgan fingerprint density at radius 3 is 2.35 bits per heavy atom. The summed E-state index contributed by atoms with van der Waals surface area (Å²) in [4.78, 5) is 2.46. The Balaban J connectivity index is 2.32. The topological polar surface area (TPSA) is 69.6 Å². The Kier molecular flexibility index (Phi) is 10.9. The molecular weight excluding hydrogens is 352 g/mol. The number of rotatable bonds is 14. The Morgan fingerprint density at radius 2 is 1.77 bits per heavy atom. The van der Waals surface area contributed by atoms with Gasteiger partial charge in [-0.15, -0.1) is 0 Å². The molecule has 6 heteroatoms. The van der Waals surface area contributed by atoms with Crippen molar-refractivity contribution in [2.45, 2.75) is 64.9 Å². The summed E-state index contributed by atoms with van der Waals surface area (Å²) in [5.74, 6) is 0. The number of benzene rings is 1. The van der Waals surface area contributed by atoms with Gasteiger partial charge in [-0.3, -0.25) is 4.72 Å². The fourth-order valence-electron chi connectivity index (χ4n) is 3.03. The summed E-state index contributed by atoms with van der Waals surface area (Å²) >= 11 is 0. The molecule has 2 N–H and O–H groups in total. The van der Waals surface area contributed by atoms with Gasteiger partial charge in [-0.1, -0.05) is 51.7 Å². The van der Waals surface area contributed by atoms with Crippen LogP contribution in [0.5, 0.6) is 0 Å². The lowest BCUT2D eigenvalue weighted by molar-refractivity contribution is 0.155. The van der Waals surface area contributed by atoms with Gasteiger partial charge in [-0.25, -0.2) is 8.42 Å². The summed E-state index contributed by atoms with van der Waals surface area (Å²) in [5, 5.41) is 10.3. The quantitative estimate of drug-likeness (QED) is 0.470. The van der Waals surface area contributed by atoms with Crippen LogP contribution in [0.2, 0.25) is 0 Å². The van der Waals surface area contributed by atoms with Crippen LogP contribution < -0.4 is 4.72 Å². The van der Waals surface area contributed by atoms with Crippen LogP contribution in [0, 0.1) is 0 Å². The molecular formula is C20H36N2O3S. The van der Waals surface area contributed by atoms with Crippen LogP contribution in [0.25, 0.3) is 0 Å². The van der Waals surface area contributed by atoms with Crippen molar-refractivity contribution in [3.05, 3.63) is 29.8 Å². The lowest BCUT2D eigenvalue weighted by Crippen LogP contribution is -2.26. The number of unbranched alkanes of at least 4 members (excludes halogenated alkanes) is 4. The highest BCUT2D eigenvalue weighted by molar-refractivity contribution is 7.92. The van der Waals surface area contributed by atoms with Crippen LogP contribution in [0.3, 0.4) is 0 Å². The molecule has 0 fully saturated rings. The molecule has 0 aliphatic heterocycles. The van der Waals surface area contributed by atoms with Gasteiger partial charge in [0.2, 0.25) is 10.0 Å². The first-order chi connectivity index (χ1) is 12.4. The molecule has 150 valence electrons. The van der Waals surface area contributed by atoms with E-state index in [0.29, 0.717) is 12.1 Å². The van der Waals surface area contributed by atoms with Gasteiger partial charge < -0.3 is 10.0 Å². The molecule has 1 rings (SSSR count). The summed E-state index contributed by atoms with van der Waals surface area (Å²) in [7, 11) is -3.27. The van der Waals surface area contributed by atoms with Crippen molar-refractivity contribution >= 4 is 15.7 Å². The second kappa shape index (κ2) is 12.3. The molecule has 1 atom stereocenters. The lowest BCUT2D eigenvalue weighted by atomic mass is 10.1. The maximum Gasteiger partial charge on any atom is 0.229 e. The van der Waals surface area contributed by atoms with Crippen molar-refractivity contribution in [1.29, 1.82) is 0 Å². The number of hydrogen-bond acceptors (Lipinski definition) is 4. The van der Waals surface area contributed by atoms with Gasteiger partial charge in [0.1, 0.15) is 0 Å². The third kappa shape index (κ3) is 10.1. The van der Waals surface area contributed by atoms with E-state index in [1.54, 1.807) is 24.3 Å². The highest BCUT2D eigenvalue weighted by atomic mass is 32.2. The average molecular weight is 389 g/mol. The maximum absolute atomic E-state index is 11.2. The smallest absolute Gasteiger partial charge is 0.229 e. The van der Waals surface area contributed by atoms with Gasteiger partial charge in [0.05, 0.1) is 12.4 Å². The molecule has 0 bridgehead atoms. The van der Waals surface area contributed by atoms with E-state index >= 15 is 0 Å². The van der Waals surface area contributed by atoms with Gasteiger partial charge in [0.25, 0.3) is 0 Å². The van der Waals surface area contributed by atoms with E-state index in [4.69, 9.17) is 0 Å². The van der Waals surface area contributed by atoms with Crippen LogP contribution >= 0.6 is 0 Å². The zero-order chi connectivity index (χ0) is 19.4. The van der Waals surface area contributed by atoms with Crippen molar-refractivity contribution < 1.29 is 13.5 Å². The van der Waals surface area contributed by atoms with Gasteiger partial charge in [-0.05, 0) is 56.6 Å². The van der Waals surface area contributed by atoms with Gasteiger partial charge >= 0.3 is 0 Å². The van der Waals surface area contributed by atoms with Crippen molar-refractivity contribution in [2.75, 3.05) is 30.6 Å². The fourth-order valence-corrected chi connectivity index (χ4v) is 3.59. The van der Waals surface area contributed by atoms with Crippen molar-refractivity contribution in [3.63, 3.8) is 0 Å². The Morgan fingerprint density at radius 1 is 1.12 bits per heavy atom. The van der Waals surface area contributed by atoms with Crippen LogP contribution in [-0.2, 0) is 10.0 Å². The fraction of sp³-hybridized carbons (Fsp3) is 0.700. The molecule has 26 heavy (non-hydrogen) atoms. The zero-order valence-electron chi connectivity index (χ0n) is 16.6. The predicted octanol–water partition coefficient (Wildman–Crippen LogP) is 4.16. The maximum atomic E-state index is 11.2. The number of aliphatic hydroxyl groups excluding tert-OH is 1. The molecule has 0 radical (unpaired) electrons. The minimum absolute atomic E-state index is 0.509. The molecule has 0 heterocycles. The molecule has 0 unspecified atom stereocenters. The first-order valence-electron chi connectivity index (χ1n) is 9.84. The summed E-state index contributed by atoms with van der Waals surface area (Å²) in [5.41, 5.74) is 1.34. The second-order valence-electron chi connectivity index (χ2n) is 7.00. The molecule has 5 nitrogen and oxygen atoms in total. The Bertz CT molecular complexity index is 588. The van der Waals surface area contributed by atoms with E-state index in [1.807, 2.05) is 0 Å². The molecule has 0 aromatic heterocycles. The molecule has 0 saturated carbocycles. The number of sulfonamides is 1. The lowest BCUT2D eigenvalue weighted by Gasteiger charge is -2.21. The third-order valence-corrected chi connectivity index (χ3v) is 5.18. The standard InChI is InChI=1S/C20H36N2O3S/c1-4-6-7-8-9-16-22(5-2)17-10-11-20(23)18-12-14-19(15-13-18)21-26(3,24)25/h12-15,20-21,23H,4-11,16-17H2,1-3H3/t20-/m0/s1/i17+2,20+2. The third-order valence-electron chi connectivity index (χ3n) is 4.58. The van der Waals surface area contributed by atoms with Crippen LogP contribution in [0.15, 0.2) is 24.3 Å². The normalized spacial score (nSPS) is 13.1. The van der Waals surface area contributed by atoms with Crippen LogP contribution in [0.1, 0.15) is 70.5 Å². The van der Waals surface area contributed by atoms with E-state index in [2.05, 4.69) is 23.5 Å². The minimum atomic E-state index is -3.27. The van der Waals surface area contributed by atoms with Gasteiger partial charge in [0, 0.05) is 5.69 Å². The number of nitrogens with zero attached hydrogens (tertiary/aromatic N) is 1. The van der Waals surface area contributed by atoms with E-state index in [-0.39, 0.29) is 0 Å². The highest BCUT2D eigenvalue weighted by Gasteiger charge is 2.10. The average Bonchev–Trinajstić information content (AvgIpc) is 2.59. The molecule has 0 aliphatic rings. The first-order valence-corrected chi connectivity index (χ1v) is 11.7. The summed E-state index contributed by atoms with van der Waals surface area (Å²) in [6.45, 7) is 7.63. The Labute approximate surface area is 159 Å². The first kappa shape index (κ1) is 22.9. The number of hydrogen-bond donors (Lipinski definition) is 2. The summed E-state index contributed by atoms with van der Waals surface area (Å²) < 4.78 is 24.9. The number of anilines is 1. The SMILES string of the molecule is CCCCCCCN(CC)[14CH2]CC[14C@H](O)c1ccc(NS(C)(=O)=O)cc1. The van der Waals surface area contributed by atoms with Gasteiger partial charge in [-0.2, -0.15) is 0 Å². The van der Waals surface area contributed by atoms with Crippen LogP contribution in [0.4, 0.5) is 5.69 Å². The summed E-state index contributed by atoms with van der Waals surface area (Å²) in [6.07, 6.45) is 8.78. The monoisotopic (exact) mass is 388 g/mol. The molecule has 0 amide bonds. The largest absolute Gasteiger partial charge is 0.388 e.